The molecule has 1 rings (SSSR count). The molecule has 1 aromatic rings. The highest BCUT2D eigenvalue weighted by molar-refractivity contribution is 9.09. The van der Waals surface area contributed by atoms with Crippen LogP contribution in [0.25, 0.3) is 0 Å². The van der Waals surface area contributed by atoms with Crippen molar-refractivity contribution in [1.29, 1.82) is 0 Å². The van der Waals surface area contributed by atoms with Crippen molar-refractivity contribution in [1.82, 2.24) is 5.32 Å². The molecule has 0 heterocycles. The van der Waals surface area contributed by atoms with Gasteiger partial charge in [0.1, 0.15) is 11.5 Å². The van der Waals surface area contributed by atoms with E-state index in [2.05, 4.69) is 21.2 Å². The monoisotopic (exact) mass is 329 g/mol. The van der Waals surface area contributed by atoms with Gasteiger partial charge in [-0.1, -0.05) is 29.8 Å². The summed E-state index contributed by atoms with van der Waals surface area (Å²) >= 11 is 3.44. The molecule has 0 aromatic heterocycles. The van der Waals surface area contributed by atoms with E-state index in [0.717, 1.165) is 12.8 Å². The minimum absolute atomic E-state index is 0.0472. The predicted octanol–water partition coefficient (Wildman–Crippen LogP) is 3.08. The highest BCUT2D eigenvalue weighted by Crippen LogP contribution is 2.25. The average Bonchev–Trinajstić information content (AvgIpc) is 2.45. The molecule has 5 heteroatoms. The summed E-state index contributed by atoms with van der Waals surface area (Å²) in [6.07, 6.45) is 1.62. The second-order valence-electron chi connectivity index (χ2n) is 4.46. The Morgan fingerprint density at radius 3 is 2.53 bits per heavy atom. The SMILES string of the molecule is CCC(CC)(CBr)NC(=O)c1cc(OC)ccc1O. The molecule has 2 N–H and O–H groups in total. The zero-order chi connectivity index (χ0) is 14.5. The van der Waals surface area contributed by atoms with Crippen LogP contribution in [0, 0.1) is 0 Å². The molecule has 0 spiro atoms. The number of hydrogen-bond donors (Lipinski definition) is 2. The van der Waals surface area contributed by atoms with Crippen molar-refractivity contribution >= 4 is 21.8 Å². The quantitative estimate of drug-likeness (QED) is 0.788. The van der Waals surface area contributed by atoms with E-state index in [1.807, 2.05) is 13.8 Å². The van der Waals surface area contributed by atoms with Crippen LogP contribution in [0.5, 0.6) is 11.5 Å². The van der Waals surface area contributed by atoms with Crippen LogP contribution in [0.4, 0.5) is 0 Å². The molecule has 0 aliphatic heterocycles. The van der Waals surface area contributed by atoms with Crippen LogP contribution in [-0.2, 0) is 0 Å². The van der Waals surface area contributed by atoms with E-state index in [4.69, 9.17) is 4.74 Å². The number of phenols is 1. The highest BCUT2D eigenvalue weighted by atomic mass is 79.9. The van der Waals surface area contributed by atoms with Gasteiger partial charge >= 0.3 is 0 Å². The van der Waals surface area contributed by atoms with Gasteiger partial charge in [-0.15, -0.1) is 0 Å². The summed E-state index contributed by atoms with van der Waals surface area (Å²) in [5, 5.41) is 13.4. The molecule has 4 nitrogen and oxygen atoms in total. The van der Waals surface area contributed by atoms with Gasteiger partial charge in [-0.05, 0) is 31.0 Å². The summed E-state index contributed by atoms with van der Waals surface area (Å²) in [5.41, 5.74) is -0.0707. The van der Waals surface area contributed by atoms with Crippen molar-refractivity contribution in [2.75, 3.05) is 12.4 Å². The maximum absolute atomic E-state index is 12.3. The first-order valence-electron chi connectivity index (χ1n) is 6.27. The van der Waals surface area contributed by atoms with E-state index < -0.39 is 0 Å². The number of ether oxygens (including phenoxy) is 1. The number of rotatable bonds is 6. The number of halogens is 1. The number of aromatic hydroxyl groups is 1. The van der Waals surface area contributed by atoms with Crippen molar-refractivity contribution in [3.8, 4) is 11.5 Å². The summed E-state index contributed by atoms with van der Waals surface area (Å²) in [7, 11) is 1.52. The maximum atomic E-state index is 12.3. The van der Waals surface area contributed by atoms with Gasteiger partial charge in [-0.25, -0.2) is 0 Å². The molecule has 0 aliphatic rings. The van der Waals surface area contributed by atoms with Crippen molar-refractivity contribution in [2.45, 2.75) is 32.2 Å². The highest BCUT2D eigenvalue weighted by Gasteiger charge is 2.28. The van der Waals surface area contributed by atoms with Crippen LogP contribution in [0.15, 0.2) is 18.2 Å². The van der Waals surface area contributed by atoms with E-state index in [1.54, 1.807) is 6.07 Å². The molecular weight excluding hydrogens is 310 g/mol. The van der Waals surface area contributed by atoms with Crippen LogP contribution in [0.2, 0.25) is 0 Å². The van der Waals surface area contributed by atoms with Gasteiger partial charge < -0.3 is 15.2 Å². The van der Waals surface area contributed by atoms with Crippen molar-refractivity contribution in [3.05, 3.63) is 23.8 Å². The Morgan fingerprint density at radius 2 is 2.05 bits per heavy atom. The fourth-order valence-electron chi connectivity index (χ4n) is 1.78. The van der Waals surface area contributed by atoms with Gasteiger partial charge in [0, 0.05) is 10.9 Å². The third-order valence-corrected chi connectivity index (χ3v) is 4.51. The number of hydrogen-bond acceptors (Lipinski definition) is 3. The van der Waals surface area contributed by atoms with Gasteiger partial charge in [0.25, 0.3) is 5.91 Å². The standard InChI is InChI=1S/C14H20BrNO3/c1-4-14(5-2,9-15)16-13(18)11-8-10(19-3)6-7-12(11)17/h6-8,17H,4-5,9H2,1-3H3,(H,16,18). The van der Waals surface area contributed by atoms with Gasteiger partial charge in [-0.2, -0.15) is 0 Å². The minimum atomic E-state index is -0.299. The molecule has 0 saturated heterocycles. The first-order chi connectivity index (χ1) is 9.01. The van der Waals surface area contributed by atoms with Crippen LogP contribution in [-0.4, -0.2) is 29.0 Å². The predicted molar refractivity (Wildman–Crippen MR) is 79.2 cm³/mol. The fourth-order valence-corrected chi connectivity index (χ4v) is 2.71. The topological polar surface area (TPSA) is 58.6 Å². The lowest BCUT2D eigenvalue weighted by atomic mass is 9.95. The summed E-state index contributed by atoms with van der Waals surface area (Å²) in [6.45, 7) is 4.05. The number of phenolic OH excluding ortho intramolecular Hbond substituents is 1. The largest absolute Gasteiger partial charge is 0.507 e. The number of methoxy groups -OCH3 is 1. The molecule has 1 aromatic carbocycles. The van der Waals surface area contributed by atoms with E-state index >= 15 is 0 Å². The van der Waals surface area contributed by atoms with Crippen LogP contribution in [0.3, 0.4) is 0 Å². The third kappa shape index (κ3) is 3.62. The minimum Gasteiger partial charge on any atom is -0.507 e. The second-order valence-corrected chi connectivity index (χ2v) is 5.02. The number of nitrogens with one attached hydrogen (secondary N) is 1. The number of benzene rings is 1. The lowest BCUT2D eigenvalue weighted by Gasteiger charge is -2.31. The van der Waals surface area contributed by atoms with Crippen LogP contribution < -0.4 is 10.1 Å². The molecule has 1 amide bonds. The molecule has 0 saturated carbocycles. The Morgan fingerprint density at radius 1 is 1.42 bits per heavy atom. The van der Waals surface area contributed by atoms with Gasteiger partial charge in [0.2, 0.25) is 0 Å². The first kappa shape index (κ1) is 15.8. The van der Waals surface area contributed by atoms with E-state index in [0.29, 0.717) is 11.1 Å². The summed E-state index contributed by atoms with van der Waals surface area (Å²) < 4.78 is 5.07. The lowest BCUT2D eigenvalue weighted by molar-refractivity contribution is 0.0900. The number of carbonyl (C=O) groups is 1. The van der Waals surface area contributed by atoms with E-state index in [1.165, 1.54) is 19.2 Å². The zero-order valence-corrected chi connectivity index (χ0v) is 13.1. The second kappa shape index (κ2) is 6.80. The van der Waals surface area contributed by atoms with Crippen molar-refractivity contribution in [2.24, 2.45) is 0 Å². The molecule has 0 fully saturated rings. The number of carbonyl (C=O) groups excluding carboxylic acids is 1. The Hall–Kier alpha value is -1.23. The Kier molecular flexibility index (Phi) is 5.66. The summed E-state index contributed by atoms with van der Waals surface area (Å²) in [6, 6.07) is 4.61. The van der Waals surface area contributed by atoms with Gasteiger partial charge in [0.15, 0.2) is 0 Å². The summed E-state index contributed by atoms with van der Waals surface area (Å²) in [5.74, 6) is 0.203. The van der Waals surface area contributed by atoms with Gasteiger partial charge in [0.05, 0.1) is 12.7 Å². The molecular formula is C14H20BrNO3. The molecule has 0 bridgehead atoms. The molecule has 0 atom stereocenters. The van der Waals surface area contributed by atoms with Crippen LogP contribution in [0.1, 0.15) is 37.0 Å². The molecule has 0 radical (unpaired) electrons. The Balaban J connectivity index is 3.00. The molecule has 19 heavy (non-hydrogen) atoms. The zero-order valence-electron chi connectivity index (χ0n) is 11.5. The maximum Gasteiger partial charge on any atom is 0.255 e. The van der Waals surface area contributed by atoms with E-state index in [-0.39, 0.29) is 22.8 Å². The van der Waals surface area contributed by atoms with Crippen molar-refractivity contribution in [3.63, 3.8) is 0 Å². The first-order valence-corrected chi connectivity index (χ1v) is 7.39. The number of amides is 1. The molecule has 0 aliphatic carbocycles. The smallest absolute Gasteiger partial charge is 0.255 e. The normalized spacial score (nSPS) is 11.2. The number of alkyl halides is 1. The van der Waals surface area contributed by atoms with Crippen molar-refractivity contribution < 1.29 is 14.6 Å². The van der Waals surface area contributed by atoms with Gasteiger partial charge in [-0.3, -0.25) is 4.79 Å². The van der Waals surface area contributed by atoms with E-state index in [9.17, 15) is 9.90 Å². The lowest BCUT2D eigenvalue weighted by Crippen LogP contribution is -2.49. The van der Waals surface area contributed by atoms with Crippen LogP contribution >= 0.6 is 15.9 Å². The summed E-state index contributed by atoms with van der Waals surface area (Å²) in [4.78, 5) is 12.3. The molecule has 106 valence electrons. The molecule has 0 unspecified atom stereocenters. The Labute approximate surface area is 122 Å². The fraction of sp³-hybridized carbons (Fsp3) is 0.500. The average molecular weight is 330 g/mol. The Bertz CT molecular complexity index is 436. The third-order valence-electron chi connectivity index (χ3n) is 3.44.